The van der Waals surface area contributed by atoms with E-state index in [0.29, 0.717) is 23.9 Å². The normalized spacial score (nSPS) is 14.4. The van der Waals surface area contributed by atoms with Gasteiger partial charge in [0.25, 0.3) is 5.91 Å². The van der Waals surface area contributed by atoms with Gasteiger partial charge in [-0.05, 0) is 74.4 Å². The third-order valence-electron chi connectivity index (χ3n) is 5.09. The van der Waals surface area contributed by atoms with Crippen molar-refractivity contribution in [3.8, 4) is 11.8 Å². The minimum Gasteiger partial charge on any atom is -0.349 e. The number of Topliss-reactive ketones (excluding diaryl/α,β-unsaturated/α-hetero) is 1. The summed E-state index contributed by atoms with van der Waals surface area (Å²) in [6.07, 6.45) is 4.87. The lowest BCUT2D eigenvalue weighted by atomic mass is 9.93. The van der Waals surface area contributed by atoms with E-state index in [0.717, 1.165) is 30.4 Å². The van der Waals surface area contributed by atoms with Crippen LogP contribution in [0.4, 0.5) is 0 Å². The first-order valence-corrected chi connectivity index (χ1v) is 10.0. The van der Waals surface area contributed by atoms with E-state index in [1.807, 2.05) is 36.4 Å². The fourth-order valence-corrected chi connectivity index (χ4v) is 3.39. The van der Waals surface area contributed by atoms with Crippen molar-refractivity contribution < 1.29 is 9.59 Å². The number of hydrogen-bond acceptors (Lipinski definition) is 2. The first-order chi connectivity index (χ1) is 13.5. The van der Waals surface area contributed by atoms with Crippen molar-refractivity contribution in [1.29, 1.82) is 0 Å². The van der Waals surface area contributed by atoms with E-state index in [9.17, 15) is 9.59 Å². The van der Waals surface area contributed by atoms with Crippen molar-refractivity contribution in [2.75, 3.05) is 0 Å². The molecule has 0 bridgehead atoms. The second kappa shape index (κ2) is 9.37. The van der Waals surface area contributed by atoms with Gasteiger partial charge in [-0.15, -0.1) is 0 Å². The average Bonchev–Trinajstić information content (AvgIpc) is 2.63. The summed E-state index contributed by atoms with van der Waals surface area (Å²) in [4.78, 5) is 23.5. The number of amides is 1. The van der Waals surface area contributed by atoms with Crippen LogP contribution in [0, 0.1) is 17.8 Å². The topological polar surface area (TPSA) is 46.2 Å². The second-order valence-corrected chi connectivity index (χ2v) is 7.84. The van der Waals surface area contributed by atoms with Crippen LogP contribution in [0.5, 0.6) is 0 Å². The first kappa shape index (κ1) is 19.9. The maximum Gasteiger partial charge on any atom is 0.251 e. The van der Waals surface area contributed by atoms with E-state index in [1.54, 1.807) is 6.92 Å². The maximum atomic E-state index is 12.3. The largest absolute Gasteiger partial charge is 0.349 e. The summed E-state index contributed by atoms with van der Waals surface area (Å²) >= 11 is 0. The molecule has 2 aromatic rings. The molecule has 144 valence electrons. The molecule has 2 aromatic carbocycles. The second-order valence-electron chi connectivity index (χ2n) is 7.84. The van der Waals surface area contributed by atoms with Crippen molar-refractivity contribution in [3.63, 3.8) is 0 Å². The minimum atomic E-state index is -0.0163. The van der Waals surface area contributed by atoms with Gasteiger partial charge < -0.3 is 10.1 Å². The Labute approximate surface area is 167 Å². The first-order valence-electron chi connectivity index (χ1n) is 10.0. The van der Waals surface area contributed by atoms with Gasteiger partial charge in [0.05, 0.1) is 0 Å². The highest BCUT2D eigenvalue weighted by atomic mass is 16.1. The van der Waals surface area contributed by atoms with Crippen LogP contribution in [0.2, 0.25) is 0 Å². The smallest absolute Gasteiger partial charge is 0.251 e. The number of rotatable bonds is 6. The molecule has 0 aromatic heterocycles. The molecule has 0 saturated heterocycles. The van der Waals surface area contributed by atoms with E-state index in [-0.39, 0.29) is 11.7 Å². The molecule has 1 fully saturated rings. The Bertz CT molecular complexity index is 898. The van der Waals surface area contributed by atoms with Crippen LogP contribution in [0.1, 0.15) is 66.6 Å². The zero-order chi connectivity index (χ0) is 19.9. The molecule has 3 nitrogen and oxygen atoms in total. The van der Waals surface area contributed by atoms with Gasteiger partial charge in [-0.2, -0.15) is 0 Å². The molecule has 1 aliphatic rings. The highest BCUT2D eigenvalue weighted by Crippen LogP contribution is 2.19. The zero-order valence-corrected chi connectivity index (χ0v) is 16.6. The monoisotopic (exact) mass is 373 g/mol. The summed E-state index contributed by atoms with van der Waals surface area (Å²) in [5, 5.41) is 3.06. The lowest BCUT2D eigenvalue weighted by Gasteiger charge is -2.26. The molecule has 3 heteroatoms. The van der Waals surface area contributed by atoms with E-state index in [1.165, 1.54) is 12.0 Å². The van der Waals surface area contributed by atoms with Crippen LogP contribution in [0.3, 0.4) is 0 Å². The van der Waals surface area contributed by atoms with Crippen LogP contribution in [0.25, 0.3) is 0 Å². The van der Waals surface area contributed by atoms with Gasteiger partial charge in [0.15, 0.2) is 0 Å². The Morgan fingerprint density at radius 3 is 2.43 bits per heavy atom. The van der Waals surface area contributed by atoms with Crippen LogP contribution >= 0.6 is 0 Å². The maximum absolute atomic E-state index is 12.3. The Morgan fingerprint density at radius 2 is 1.79 bits per heavy atom. The van der Waals surface area contributed by atoms with Gasteiger partial charge in [-0.3, -0.25) is 4.79 Å². The zero-order valence-electron chi connectivity index (χ0n) is 16.6. The highest BCUT2D eigenvalue weighted by molar-refractivity contribution is 5.94. The van der Waals surface area contributed by atoms with Crippen LogP contribution < -0.4 is 5.32 Å². The number of hydrogen-bond donors (Lipinski definition) is 1. The molecule has 1 N–H and O–H groups in total. The standard InChI is InChI=1S/C25H27NO2/c1-18(15-19(2)27)16-22-13-10-20(11-14-22)9-12-21-5-3-6-23(17-21)25(28)26-24-7-4-8-24/h3,5-6,10-11,13-14,17-18,24H,4,7-8,15-16H2,1-2H3,(H,26,28). The van der Waals surface area contributed by atoms with Crippen molar-refractivity contribution >= 4 is 11.7 Å². The lowest BCUT2D eigenvalue weighted by Crippen LogP contribution is -2.39. The van der Waals surface area contributed by atoms with Gasteiger partial charge in [0.2, 0.25) is 0 Å². The van der Waals surface area contributed by atoms with Gasteiger partial charge in [-0.25, -0.2) is 0 Å². The molecular weight excluding hydrogens is 346 g/mol. The fourth-order valence-electron chi connectivity index (χ4n) is 3.39. The SMILES string of the molecule is CC(=O)CC(C)Cc1ccc(C#Cc2cccc(C(=O)NC3CCC3)c2)cc1. The molecule has 1 amide bonds. The Hall–Kier alpha value is -2.86. The number of nitrogens with one attached hydrogen (secondary N) is 1. The van der Waals surface area contributed by atoms with Gasteiger partial charge in [-0.1, -0.05) is 37.0 Å². The summed E-state index contributed by atoms with van der Waals surface area (Å²) in [6.45, 7) is 3.74. The van der Waals surface area contributed by atoms with E-state index in [4.69, 9.17) is 0 Å². The molecule has 0 heterocycles. The highest BCUT2D eigenvalue weighted by Gasteiger charge is 2.19. The summed E-state index contributed by atoms with van der Waals surface area (Å²) < 4.78 is 0. The number of benzene rings is 2. The number of ketones is 1. The Kier molecular flexibility index (Phi) is 6.66. The summed E-state index contributed by atoms with van der Waals surface area (Å²) in [6, 6.07) is 16.0. The quantitative estimate of drug-likeness (QED) is 0.757. The predicted octanol–water partition coefficient (Wildman–Crippen LogP) is 4.53. The van der Waals surface area contributed by atoms with Crippen LogP contribution in [0.15, 0.2) is 48.5 Å². The summed E-state index contributed by atoms with van der Waals surface area (Å²) in [5.41, 5.74) is 3.65. The molecule has 3 rings (SSSR count). The van der Waals surface area contributed by atoms with E-state index in [2.05, 4.69) is 36.2 Å². The minimum absolute atomic E-state index is 0.0163. The van der Waals surface area contributed by atoms with Crippen LogP contribution in [-0.4, -0.2) is 17.7 Å². The van der Waals surface area contributed by atoms with Gasteiger partial charge in [0, 0.05) is 29.2 Å². The number of carbonyl (C=O) groups is 2. The molecule has 0 aliphatic heterocycles. The van der Waals surface area contributed by atoms with Crippen molar-refractivity contribution in [2.24, 2.45) is 5.92 Å². The third-order valence-corrected chi connectivity index (χ3v) is 5.09. The van der Waals surface area contributed by atoms with Crippen molar-refractivity contribution in [1.82, 2.24) is 5.32 Å². The number of carbonyl (C=O) groups excluding carboxylic acids is 2. The Morgan fingerprint density at radius 1 is 1.07 bits per heavy atom. The molecular formula is C25H27NO2. The molecule has 1 unspecified atom stereocenters. The van der Waals surface area contributed by atoms with Crippen molar-refractivity contribution in [2.45, 2.75) is 52.0 Å². The molecule has 1 aliphatic carbocycles. The molecule has 0 spiro atoms. The Balaban J connectivity index is 1.62. The summed E-state index contributed by atoms with van der Waals surface area (Å²) in [7, 11) is 0. The van der Waals surface area contributed by atoms with E-state index < -0.39 is 0 Å². The predicted molar refractivity (Wildman–Crippen MR) is 112 cm³/mol. The van der Waals surface area contributed by atoms with Gasteiger partial charge >= 0.3 is 0 Å². The van der Waals surface area contributed by atoms with Crippen molar-refractivity contribution in [3.05, 3.63) is 70.8 Å². The van der Waals surface area contributed by atoms with Crippen LogP contribution in [-0.2, 0) is 11.2 Å². The average molecular weight is 373 g/mol. The molecule has 28 heavy (non-hydrogen) atoms. The third kappa shape index (κ3) is 5.82. The fraction of sp³-hybridized carbons (Fsp3) is 0.360. The lowest BCUT2D eigenvalue weighted by molar-refractivity contribution is -0.117. The van der Waals surface area contributed by atoms with Gasteiger partial charge in [0.1, 0.15) is 5.78 Å². The molecule has 1 saturated carbocycles. The summed E-state index contributed by atoms with van der Waals surface area (Å²) in [5.74, 6) is 6.89. The molecule has 0 radical (unpaired) electrons. The molecule has 1 atom stereocenters. The van der Waals surface area contributed by atoms with E-state index >= 15 is 0 Å².